The predicted molar refractivity (Wildman–Crippen MR) is 123 cm³/mol. The fourth-order valence-corrected chi connectivity index (χ4v) is 4.20. The van der Waals surface area contributed by atoms with E-state index in [0.29, 0.717) is 32.5 Å². The molecule has 158 valence electrons. The number of benzene rings is 3. The molecule has 1 N–H and O–H groups in total. The van der Waals surface area contributed by atoms with E-state index < -0.39 is 0 Å². The molecule has 0 bridgehead atoms. The Hall–Kier alpha value is -3.40. The summed E-state index contributed by atoms with van der Waals surface area (Å²) in [5.41, 5.74) is 4.57. The van der Waals surface area contributed by atoms with Crippen molar-refractivity contribution in [3.8, 4) is 11.1 Å². The van der Waals surface area contributed by atoms with Crippen LogP contribution < -0.4 is 5.32 Å². The van der Waals surface area contributed by atoms with E-state index in [0.717, 1.165) is 28.7 Å². The quantitative estimate of drug-likeness (QED) is 0.663. The second kappa shape index (κ2) is 10.1. The van der Waals surface area contributed by atoms with Crippen molar-refractivity contribution >= 4 is 11.8 Å². The molecule has 1 saturated heterocycles. The minimum absolute atomic E-state index is 0.0289. The number of carbonyl (C=O) groups is 2. The first-order valence-electron chi connectivity index (χ1n) is 10.9. The molecule has 4 nitrogen and oxygen atoms in total. The van der Waals surface area contributed by atoms with Crippen LogP contribution in [-0.4, -0.2) is 36.3 Å². The van der Waals surface area contributed by atoms with Gasteiger partial charge in [0.2, 0.25) is 11.8 Å². The van der Waals surface area contributed by atoms with E-state index in [1.165, 1.54) is 0 Å². The standard InChI is InChI=1S/C27H28N2O2/c30-26(16-15-21-9-3-1-4-10-21)29-18-17-28-27(31)24(20-29)19-23-13-7-8-14-25(23)22-11-5-2-6-12-22/h1-14,24H,15-20H2,(H,28,31)/t24-/m1/s1. The number of carbonyl (C=O) groups excluding carboxylic acids is 2. The monoisotopic (exact) mass is 412 g/mol. The van der Waals surface area contributed by atoms with Crippen molar-refractivity contribution < 1.29 is 9.59 Å². The van der Waals surface area contributed by atoms with Crippen molar-refractivity contribution in [3.63, 3.8) is 0 Å². The average molecular weight is 413 g/mol. The second-order valence-electron chi connectivity index (χ2n) is 8.04. The van der Waals surface area contributed by atoms with Gasteiger partial charge in [0.15, 0.2) is 0 Å². The molecule has 4 rings (SSSR count). The zero-order valence-corrected chi connectivity index (χ0v) is 17.7. The fraction of sp³-hybridized carbons (Fsp3) is 0.259. The van der Waals surface area contributed by atoms with Crippen LogP contribution in [0, 0.1) is 5.92 Å². The second-order valence-corrected chi connectivity index (χ2v) is 8.04. The van der Waals surface area contributed by atoms with Crippen LogP contribution in [0.5, 0.6) is 0 Å². The Kier molecular flexibility index (Phi) is 6.78. The summed E-state index contributed by atoms with van der Waals surface area (Å²) in [5, 5.41) is 3.00. The molecule has 1 atom stereocenters. The van der Waals surface area contributed by atoms with E-state index in [-0.39, 0.29) is 17.7 Å². The molecule has 0 saturated carbocycles. The molecule has 0 unspecified atom stereocenters. The third-order valence-corrected chi connectivity index (χ3v) is 5.88. The summed E-state index contributed by atoms with van der Waals surface area (Å²) < 4.78 is 0. The summed E-state index contributed by atoms with van der Waals surface area (Å²) in [6.07, 6.45) is 1.80. The Bertz CT molecular complexity index is 1020. The summed E-state index contributed by atoms with van der Waals surface area (Å²) >= 11 is 0. The molecule has 4 heteroatoms. The number of nitrogens with zero attached hydrogens (tertiary/aromatic N) is 1. The number of hydrogen-bond donors (Lipinski definition) is 1. The predicted octanol–water partition coefficient (Wildman–Crippen LogP) is 4.10. The molecule has 0 aromatic heterocycles. The van der Waals surface area contributed by atoms with Gasteiger partial charge in [-0.2, -0.15) is 0 Å². The Morgan fingerprint density at radius 3 is 2.35 bits per heavy atom. The van der Waals surface area contributed by atoms with E-state index >= 15 is 0 Å². The lowest BCUT2D eigenvalue weighted by molar-refractivity contribution is -0.132. The van der Waals surface area contributed by atoms with Crippen LogP contribution in [-0.2, 0) is 22.4 Å². The molecule has 2 amide bonds. The normalized spacial score (nSPS) is 16.5. The number of aryl methyl sites for hydroxylation is 1. The molecular formula is C27H28N2O2. The fourth-order valence-electron chi connectivity index (χ4n) is 4.20. The molecule has 3 aromatic rings. The Labute approximate surface area is 183 Å². The van der Waals surface area contributed by atoms with Crippen LogP contribution in [0.4, 0.5) is 0 Å². The van der Waals surface area contributed by atoms with Crippen LogP contribution in [0.2, 0.25) is 0 Å². The molecule has 1 aliphatic rings. The maximum Gasteiger partial charge on any atom is 0.225 e. The lowest BCUT2D eigenvalue weighted by Gasteiger charge is -2.24. The third kappa shape index (κ3) is 5.40. The Morgan fingerprint density at radius 1 is 0.903 bits per heavy atom. The maximum absolute atomic E-state index is 12.9. The van der Waals surface area contributed by atoms with Gasteiger partial charge in [0.1, 0.15) is 0 Å². The Morgan fingerprint density at radius 2 is 1.58 bits per heavy atom. The molecular weight excluding hydrogens is 384 g/mol. The van der Waals surface area contributed by atoms with Crippen molar-refractivity contribution in [2.45, 2.75) is 19.3 Å². The van der Waals surface area contributed by atoms with Crippen molar-refractivity contribution in [2.75, 3.05) is 19.6 Å². The van der Waals surface area contributed by atoms with Gasteiger partial charge in [-0.3, -0.25) is 9.59 Å². The first-order chi connectivity index (χ1) is 15.2. The van der Waals surface area contributed by atoms with Gasteiger partial charge in [-0.1, -0.05) is 84.9 Å². The lowest BCUT2D eigenvalue weighted by atomic mass is 9.91. The summed E-state index contributed by atoms with van der Waals surface area (Å²) in [5.74, 6) is -0.115. The first kappa shape index (κ1) is 20.9. The van der Waals surface area contributed by atoms with Gasteiger partial charge in [-0.05, 0) is 35.1 Å². The topological polar surface area (TPSA) is 49.4 Å². The SMILES string of the molecule is O=C1NCCN(C(=O)CCc2ccccc2)C[C@H]1Cc1ccccc1-c1ccccc1. The number of hydrogen-bond acceptors (Lipinski definition) is 2. The van der Waals surface area contributed by atoms with Crippen molar-refractivity contribution in [1.82, 2.24) is 10.2 Å². The van der Waals surface area contributed by atoms with E-state index in [1.54, 1.807) is 0 Å². The van der Waals surface area contributed by atoms with Gasteiger partial charge in [-0.25, -0.2) is 0 Å². The molecule has 0 radical (unpaired) electrons. The van der Waals surface area contributed by atoms with Crippen LogP contribution in [0.25, 0.3) is 11.1 Å². The zero-order chi connectivity index (χ0) is 21.5. The van der Waals surface area contributed by atoms with Crippen molar-refractivity contribution in [3.05, 3.63) is 96.1 Å². The van der Waals surface area contributed by atoms with Crippen LogP contribution >= 0.6 is 0 Å². The van der Waals surface area contributed by atoms with E-state index in [9.17, 15) is 9.59 Å². The molecule has 31 heavy (non-hydrogen) atoms. The highest BCUT2D eigenvalue weighted by Crippen LogP contribution is 2.26. The summed E-state index contributed by atoms with van der Waals surface area (Å²) in [6, 6.07) is 28.5. The van der Waals surface area contributed by atoms with E-state index in [2.05, 4.69) is 29.6 Å². The highest BCUT2D eigenvalue weighted by atomic mass is 16.2. The molecule has 0 spiro atoms. The van der Waals surface area contributed by atoms with Gasteiger partial charge < -0.3 is 10.2 Å². The molecule has 0 aliphatic carbocycles. The van der Waals surface area contributed by atoms with Crippen LogP contribution in [0.3, 0.4) is 0 Å². The average Bonchev–Trinajstić information content (AvgIpc) is 3.00. The summed E-state index contributed by atoms with van der Waals surface area (Å²) in [4.78, 5) is 27.5. The van der Waals surface area contributed by atoms with Gasteiger partial charge in [0, 0.05) is 26.1 Å². The van der Waals surface area contributed by atoms with Crippen molar-refractivity contribution in [2.24, 2.45) is 5.92 Å². The first-order valence-corrected chi connectivity index (χ1v) is 10.9. The van der Waals surface area contributed by atoms with Gasteiger partial charge in [0.05, 0.1) is 5.92 Å². The highest BCUT2D eigenvalue weighted by molar-refractivity contribution is 5.82. The van der Waals surface area contributed by atoms with Crippen LogP contribution in [0.15, 0.2) is 84.9 Å². The number of nitrogens with one attached hydrogen (secondary N) is 1. The number of amides is 2. The number of rotatable bonds is 6. The van der Waals surface area contributed by atoms with Crippen LogP contribution in [0.1, 0.15) is 17.5 Å². The van der Waals surface area contributed by atoms with Gasteiger partial charge in [0.25, 0.3) is 0 Å². The molecule has 1 aliphatic heterocycles. The molecule has 1 heterocycles. The smallest absolute Gasteiger partial charge is 0.225 e. The lowest BCUT2D eigenvalue weighted by Crippen LogP contribution is -2.37. The third-order valence-electron chi connectivity index (χ3n) is 5.88. The van der Waals surface area contributed by atoms with E-state index in [4.69, 9.17) is 0 Å². The summed E-state index contributed by atoms with van der Waals surface area (Å²) in [6.45, 7) is 1.53. The largest absolute Gasteiger partial charge is 0.354 e. The summed E-state index contributed by atoms with van der Waals surface area (Å²) in [7, 11) is 0. The molecule has 1 fully saturated rings. The van der Waals surface area contributed by atoms with Crippen molar-refractivity contribution in [1.29, 1.82) is 0 Å². The van der Waals surface area contributed by atoms with Gasteiger partial charge in [-0.15, -0.1) is 0 Å². The van der Waals surface area contributed by atoms with Gasteiger partial charge >= 0.3 is 0 Å². The zero-order valence-electron chi connectivity index (χ0n) is 17.7. The minimum atomic E-state index is -0.256. The minimum Gasteiger partial charge on any atom is -0.354 e. The molecule has 3 aromatic carbocycles. The maximum atomic E-state index is 12.9. The Balaban J connectivity index is 1.47. The van der Waals surface area contributed by atoms with E-state index in [1.807, 2.05) is 65.6 Å². The highest BCUT2D eigenvalue weighted by Gasteiger charge is 2.28.